The Labute approximate surface area is 186 Å². The number of carbonyl (C=O) groups is 2. The number of para-hydroxylation sites is 1. The fourth-order valence-corrected chi connectivity index (χ4v) is 4.49. The first-order valence-electron chi connectivity index (χ1n) is 10.4. The molecule has 0 saturated heterocycles. The lowest BCUT2D eigenvalue weighted by atomic mass is 9.98. The third-order valence-electron chi connectivity index (χ3n) is 5.84. The Morgan fingerprint density at radius 2 is 1.52 bits per heavy atom. The second-order valence-electron chi connectivity index (χ2n) is 7.80. The highest BCUT2D eigenvalue weighted by Crippen LogP contribution is 2.38. The number of carbonyl (C=O) groups excluding carboxylic acids is 2. The van der Waals surface area contributed by atoms with E-state index in [2.05, 4.69) is 6.07 Å². The van der Waals surface area contributed by atoms with Crippen LogP contribution in [0.25, 0.3) is 5.57 Å². The maximum Gasteiger partial charge on any atom is 0.278 e. The summed E-state index contributed by atoms with van der Waals surface area (Å²) in [5.74, 6) is -0.523. The molecule has 5 rings (SSSR count). The summed E-state index contributed by atoms with van der Waals surface area (Å²) in [7, 11) is 0. The molecule has 2 aliphatic heterocycles. The lowest BCUT2D eigenvalue weighted by Gasteiger charge is -2.32. The van der Waals surface area contributed by atoms with Crippen LogP contribution in [0.3, 0.4) is 0 Å². The van der Waals surface area contributed by atoms with Gasteiger partial charge < -0.3 is 4.90 Å². The van der Waals surface area contributed by atoms with Crippen LogP contribution in [0.15, 0.2) is 84.6 Å². The first kappa shape index (κ1) is 19.6. The van der Waals surface area contributed by atoms with Crippen LogP contribution >= 0.6 is 11.6 Å². The molecule has 154 valence electrons. The first-order valence-corrected chi connectivity index (χ1v) is 10.8. The normalized spacial score (nSPS) is 16.2. The van der Waals surface area contributed by atoms with Crippen LogP contribution in [0.5, 0.6) is 0 Å². The number of anilines is 1. The van der Waals surface area contributed by atoms with Crippen molar-refractivity contribution in [2.24, 2.45) is 0 Å². The van der Waals surface area contributed by atoms with Crippen molar-refractivity contribution in [3.63, 3.8) is 0 Å². The van der Waals surface area contributed by atoms with Gasteiger partial charge in [-0.2, -0.15) is 0 Å². The van der Waals surface area contributed by atoms with Gasteiger partial charge >= 0.3 is 0 Å². The van der Waals surface area contributed by atoms with Crippen molar-refractivity contribution in [1.82, 2.24) is 4.90 Å². The van der Waals surface area contributed by atoms with Crippen molar-refractivity contribution in [2.75, 3.05) is 11.4 Å². The van der Waals surface area contributed by atoms with Crippen LogP contribution in [0, 0.1) is 0 Å². The maximum atomic E-state index is 13.7. The number of amides is 2. The van der Waals surface area contributed by atoms with E-state index in [1.165, 1.54) is 10.5 Å². The molecule has 3 aromatic rings. The van der Waals surface area contributed by atoms with Crippen LogP contribution in [0.2, 0.25) is 5.02 Å². The van der Waals surface area contributed by atoms with E-state index in [1.54, 1.807) is 12.1 Å². The average molecular weight is 429 g/mol. The van der Waals surface area contributed by atoms with Gasteiger partial charge in [-0.1, -0.05) is 72.3 Å². The molecule has 0 N–H and O–H groups in total. The minimum Gasteiger partial charge on any atom is -0.336 e. The zero-order valence-corrected chi connectivity index (χ0v) is 17.7. The zero-order chi connectivity index (χ0) is 21.4. The zero-order valence-electron chi connectivity index (χ0n) is 16.9. The summed E-state index contributed by atoms with van der Waals surface area (Å²) >= 11 is 6.08. The number of hydrogen-bond acceptors (Lipinski definition) is 3. The van der Waals surface area contributed by atoms with E-state index in [4.69, 9.17) is 11.6 Å². The topological polar surface area (TPSA) is 40.6 Å². The Morgan fingerprint density at radius 1 is 0.806 bits per heavy atom. The van der Waals surface area contributed by atoms with Gasteiger partial charge in [-0.05, 0) is 47.7 Å². The molecule has 31 heavy (non-hydrogen) atoms. The molecule has 2 aliphatic rings. The summed E-state index contributed by atoms with van der Waals surface area (Å²) in [6.45, 7) is 0.941. The van der Waals surface area contributed by atoms with E-state index in [0.717, 1.165) is 24.1 Å². The second-order valence-corrected chi connectivity index (χ2v) is 8.23. The number of rotatable bonds is 4. The van der Waals surface area contributed by atoms with Crippen molar-refractivity contribution in [3.05, 3.63) is 106 Å². The number of aryl methyl sites for hydroxylation is 1. The maximum absolute atomic E-state index is 13.7. The van der Waals surface area contributed by atoms with E-state index >= 15 is 0 Å². The smallest absolute Gasteiger partial charge is 0.278 e. The van der Waals surface area contributed by atoms with Crippen LogP contribution < -0.4 is 4.90 Å². The van der Waals surface area contributed by atoms with Crippen molar-refractivity contribution in [3.8, 4) is 0 Å². The number of benzene rings is 3. The van der Waals surface area contributed by atoms with Gasteiger partial charge in [-0.15, -0.1) is 0 Å². The van der Waals surface area contributed by atoms with Crippen LogP contribution in [0.4, 0.5) is 5.69 Å². The average Bonchev–Trinajstić information content (AvgIpc) is 3.04. The Hall–Kier alpha value is -3.37. The van der Waals surface area contributed by atoms with Crippen LogP contribution in [-0.4, -0.2) is 23.3 Å². The number of fused-ring (bicyclic) bond motifs is 1. The molecular formula is C26H21ClN2O2. The molecule has 0 atom stereocenters. The van der Waals surface area contributed by atoms with E-state index < -0.39 is 0 Å². The molecule has 0 saturated carbocycles. The minimum absolute atomic E-state index is 0.245. The lowest BCUT2D eigenvalue weighted by Crippen LogP contribution is -2.36. The summed E-state index contributed by atoms with van der Waals surface area (Å²) in [5.41, 5.74) is 4.71. The third-order valence-corrected chi connectivity index (χ3v) is 6.09. The van der Waals surface area contributed by atoms with Gasteiger partial charge in [0, 0.05) is 17.3 Å². The molecule has 0 bridgehead atoms. The molecule has 2 heterocycles. The highest BCUT2D eigenvalue weighted by molar-refractivity contribution is 6.37. The largest absolute Gasteiger partial charge is 0.336 e. The lowest BCUT2D eigenvalue weighted by molar-refractivity contribution is -0.137. The predicted molar refractivity (Wildman–Crippen MR) is 122 cm³/mol. The van der Waals surface area contributed by atoms with Crippen LogP contribution in [0.1, 0.15) is 23.1 Å². The van der Waals surface area contributed by atoms with Crippen molar-refractivity contribution in [2.45, 2.75) is 19.4 Å². The van der Waals surface area contributed by atoms with Gasteiger partial charge in [-0.25, -0.2) is 0 Å². The highest BCUT2D eigenvalue weighted by Gasteiger charge is 2.42. The molecule has 0 spiro atoms. The highest BCUT2D eigenvalue weighted by atomic mass is 35.5. The molecule has 0 aromatic heterocycles. The molecule has 0 unspecified atom stereocenters. The fraction of sp³-hybridized carbons (Fsp3) is 0.154. The van der Waals surface area contributed by atoms with Gasteiger partial charge in [-0.3, -0.25) is 14.5 Å². The van der Waals surface area contributed by atoms with Gasteiger partial charge in [0.1, 0.15) is 5.70 Å². The molecular weight excluding hydrogens is 408 g/mol. The Bertz CT molecular complexity index is 1190. The molecule has 2 amide bonds. The van der Waals surface area contributed by atoms with E-state index in [9.17, 15) is 9.59 Å². The number of halogens is 1. The van der Waals surface area contributed by atoms with Gasteiger partial charge in [0.05, 0.1) is 12.1 Å². The molecule has 5 heteroatoms. The predicted octanol–water partition coefficient (Wildman–Crippen LogP) is 5.07. The van der Waals surface area contributed by atoms with E-state index in [-0.39, 0.29) is 18.4 Å². The number of imide groups is 1. The fourth-order valence-electron chi connectivity index (χ4n) is 4.37. The Kier molecular flexibility index (Phi) is 5.08. The Morgan fingerprint density at radius 3 is 2.29 bits per heavy atom. The van der Waals surface area contributed by atoms with Gasteiger partial charge in [0.25, 0.3) is 11.8 Å². The number of hydrogen-bond donors (Lipinski definition) is 0. The molecule has 3 aromatic carbocycles. The van der Waals surface area contributed by atoms with Gasteiger partial charge in [0.15, 0.2) is 0 Å². The van der Waals surface area contributed by atoms with Crippen molar-refractivity contribution >= 4 is 34.7 Å². The van der Waals surface area contributed by atoms with E-state index in [0.29, 0.717) is 28.4 Å². The van der Waals surface area contributed by atoms with Crippen molar-refractivity contribution < 1.29 is 9.59 Å². The van der Waals surface area contributed by atoms with Crippen LogP contribution in [-0.2, 0) is 22.6 Å². The standard InChI is InChI=1S/C26H21ClN2O2/c27-21-14-12-20(13-15-21)23-24(28-16-6-10-19-9-4-5-11-22(19)28)26(31)29(25(23)30)17-18-7-2-1-3-8-18/h1-5,7-9,11-15H,6,10,16-17H2. The summed E-state index contributed by atoms with van der Waals surface area (Å²) < 4.78 is 0. The SMILES string of the molecule is O=C1C(c2ccc(Cl)cc2)=C(N2CCCc3ccccc32)C(=O)N1Cc1ccccc1. The van der Waals surface area contributed by atoms with Crippen molar-refractivity contribution in [1.29, 1.82) is 0 Å². The van der Waals surface area contributed by atoms with Gasteiger partial charge in [0.2, 0.25) is 0 Å². The molecule has 0 radical (unpaired) electrons. The molecule has 4 nitrogen and oxygen atoms in total. The Balaban J connectivity index is 1.63. The molecule has 0 fully saturated rings. The summed E-state index contributed by atoms with van der Waals surface area (Å²) in [6, 6.07) is 24.8. The summed E-state index contributed by atoms with van der Waals surface area (Å²) in [5, 5.41) is 0.590. The monoisotopic (exact) mass is 428 g/mol. The summed E-state index contributed by atoms with van der Waals surface area (Å²) in [4.78, 5) is 30.6. The third kappa shape index (κ3) is 3.53. The first-order chi connectivity index (χ1) is 15.1. The number of nitrogens with zero attached hydrogens (tertiary/aromatic N) is 2. The second kappa shape index (κ2) is 8.05. The minimum atomic E-state index is -0.269. The quantitative estimate of drug-likeness (QED) is 0.544. The summed E-state index contributed by atoms with van der Waals surface area (Å²) in [6.07, 6.45) is 1.89. The van der Waals surface area contributed by atoms with E-state index in [1.807, 2.05) is 65.6 Å². The molecule has 0 aliphatic carbocycles.